The maximum Gasteiger partial charge on any atom is 0.264 e. The van der Waals surface area contributed by atoms with E-state index in [0.29, 0.717) is 35.7 Å². The number of imide groups is 2. The second kappa shape index (κ2) is 5.16. The zero-order valence-electron chi connectivity index (χ0n) is 14.2. The van der Waals surface area contributed by atoms with Gasteiger partial charge in [0.15, 0.2) is 0 Å². The largest absolute Gasteiger partial charge is 0.382 e. The van der Waals surface area contributed by atoms with Crippen molar-refractivity contribution in [3.05, 3.63) is 29.3 Å². The number of hydrogen-bond donors (Lipinski definition) is 2. The number of carbonyl (C=O) groups excluding carboxylic acids is 4. The topological polar surface area (TPSA) is 95.6 Å². The van der Waals surface area contributed by atoms with Gasteiger partial charge in [-0.2, -0.15) is 0 Å². The first-order valence-electron chi connectivity index (χ1n) is 9.15. The van der Waals surface area contributed by atoms with Crippen molar-refractivity contribution in [3.8, 4) is 0 Å². The van der Waals surface area contributed by atoms with Gasteiger partial charge >= 0.3 is 0 Å². The molecule has 2 atom stereocenters. The summed E-state index contributed by atoms with van der Waals surface area (Å²) in [5, 5.41) is 5.71. The highest BCUT2D eigenvalue weighted by molar-refractivity contribution is 6.26. The van der Waals surface area contributed by atoms with Gasteiger partial charge in [-0.05, 0) is 50.7 Å². The van der Waals surface area contributed by atoms with Crippen molar-refractivity contribution in [2.75, 3.05) is 5.32 Å². The second-order valence-corrected chi connectivity index (χ2v) is 7.74. The number of nitrogens with zero attached hydrogens (tertiary/aromatic N) is 1. The summed E-state index contributed by atoms with van der Waals surface area (Å²) in [5.41, 5.74) is 0.111. The molecule has 7 nitrogen and oxygen atoms in total. The molecule has 2 N–H and O–H groups in total. The molecule has 2 saturated carbocycles. The molecule has 3 fully saturated rings. The Bertz CT molecular complexity index is 876. The van der Waals surface area contributed by atoms with Gasteiger partial charge in [-0.3, -0.25) is 29.4 Å². The van der Waals surface area contributed by atoms with E-state index in [-0.39, 0.29) is 18.2 Å². The number of anilines is 1. The quantitative estimate of drug-likeness (QED) is 0.802. The predicted octanol–water partition coefficient (Wildman–Crippen LogP) is 1.44. The molecule has 4 amide bonds. The molecular formula is C19H19N3O4. The van der Waals surface area contributed by atoms with Crippen LogP contribution in [0.2, 0.25) is 0 Å². The Kier molecular flexibility index (Phi) is 3.08. The zero-order chi connectivity index (χ0) is 18.1. The highest BCUT2D eigenvalue weighted by Crippen LogP contribution is 2.46. The van der Waals surface area contributed by atoms with Crippen molar-refractivity contribution in [2.45, 2.75) is 50.1 Å². The standard InChI is InChI=1S/C19H19N3O4/c23-15-10-7-8-19(9-10,18(26)21-15)22-16(24)12-5-2-6-13(14(12)17(22)25)20-11-3-1-4-11/h2,5-6,10-11,20H,1,3-4,7-9H2,(H,21,23,26). The van der Waals surface area contributed by atoms with Gasteiger partial charge in [-0.1, -0.05) is 6.07 Å². The number of carbonyl (C=O) groups is 4. The van der Waals surface area contributed by atoms with Gasteiger partial charge < -0.3 is 5.32 Å². The molecule has 2 aliphatic carbocycles. The minimum atomic E-state index is -1.24. The van der Waals surface area contributed by atoms with Crippen molar-refractivity contribution >= 4 is 29.3 Å². The summed E-state index contributed by atoms with van der Waals surface area (Å²) >= 11 is 0. The van der Waals surface area contributed by atoms with E-state index >= 15 is 0 Å². The van der Waals surface area contributed by atoms with Crippen molar-refractivity contribution in [3.63, 3.8) is 0 Å². The van der Waals surface area contributed by atoms with Crippen molar-refractivity contribution in [1.29, 1.82) is 0 Å². The van der Waals surface area contributed by atoms with Crippen LogP contribution in [0.25, 0.3) is 0 Å². The third-order valence-electron chi connectivity index (χ3n) is 6.33. The van der Waals surface area contributed by atoms with Crippen LogP contribution in [0, 0.1) is 5.92 Å². The molecule has 2 heterocycles. The first-order valence-corrected chi connectivity index (χ1v) is 9.15. The lowest BCUT2D eigenvalue weighted by atomic mass is 9.89. The van der Waals surface area contributed by atoms with E-state index in [0.717, 1.165) is 24.2 Å². The molecule has 0 radical (unpaired) electrons. The number of benzene rings is 1. The van der Waals surface area contributed by atoms with Crippen LogP contribution in [0.5, 0.6) is 0 Å². The molecule has 26 heavy (non-hydrogen) atoms. The Balaban J connectivity index is 1.55. The molecular weight excluding hydrogens is 334 g/mol. The minimum absolute atomic E-state index is 0.231. The lowest BCUT2D eigenvalue weighted by Gasteiger charge is -2.37. The highest BCUT2D eigenvalue weighted by Gasteiger charge is 2.61. The van der Waals surface area contributed by atoms with E-state index < -0.39 is 23.3 Å². The van der Waals surface area contributed by atoms with E-state index in [4.69, 9.17) is 0 Å². The van der Waals surface area contributed by atoms with Crippen LogP contribution in [-0.2, 0) is 9.59 Å². The maximum atomic E-state index is 13.2. The number of nitrogens with one attached hydrogen (secondary N) is 2. The number of hydrogen-bond acceptors (Lipinski definition) is 5. The fourth-order valence-corrected chi connectivity index (χ4v) is 4.66. The lowest BCUT2D eigenvalue weighted by molar-refractivity contribution is -0.141. The number of rotatable bonds is 3. The maximum absolute atomic E-state index is 13.2. The van der Waals surface area contributed by atoms with Crippen molar-refractivity contribution in [1.82, 2.24) is 10.2 Å². The number of amides is 4. The van der Waals surface area contributed by atoms with Crippen LogP contribution >= 0.6 is 0 Å². The van der Waals surface area contributed by atoms with Gasteiger partial charge in [0, 0.05) is 17.6 Å². The fourth-order valence-electron chi connectivity index (χ4n) is 4.66. The molecule has 1 aromatic carbocycles. The number of fused-ring (bicyclic) bond motifs is 3. The molecule has 7 heteroatoms. The molecule has 2 bridgehead atoms. The Hall–Kier alpha value is -2.70. The highest BCUT2D eigenvalue weighted by atomic mass is 16.2. The Morgan fingerprint density at radius 3 is 2.62 bits per heavy atom. The van der Waals surface area contributed by atoms with Crippen LogP contribution in [0.15, 0.2) is 18.2 Å². The monoisotopic (exact) mass is 353 g/mol. The minimum Gasteiger partial charge on any atom is -0.382 e. The Morgan fingerprint density at radius 1 is 1.08 bits per heavy atom. The van der Waals surface area contributed by atoms with Gasteiger partial charge in [0.1, 0.15) is 5.54 Å². The van der Waals surface area contributed by atoms with Gasteiger partial charge in [-0.25, -0.2) is 0 Å². The van der Waals surface area contributed by atoms with Crippen LogP contribution in [0.1, 0.15) is 59.2 Å². The van der Waals surface area contributed by atoms with Crippen LogP contribution in [-0.4, -0.2) is 40.1 Å². The average molecular weight is 353 g/mol. The first-order chi connectivity index (χ1) is 12.5. The van der Waals surface area contributed by atoms with E-state index in [1.807, 2.05) is 6.07 Å². The summed E-state index contributed by atoms with van der Waals surface area (Å²) < 4.78 is 0. The van der Waals surface area contributed by atoms with Crippen molar-refractivity contribution in [2.24, 2.45) is 5.92 Å². The van der Waals surface area contributed by atoms with E-state index in [1.165, 1.54) is 0 Å². The third kappa shape index (κ3) is 1.88. The summed E-state index contributed by atoms with van der Waals surface area (Å²) in [6.07, 6.45) is 4.33. The third-order valence-corrected chi connectivity index (χ3v) is 6.33. The zero-order valence-corrected chi connectivity index (χ0v) is 14.2. The van der Waals surface area contributed by atoms with Crippen LogP contribution in [0.4, 0.5) is 5.69 Å². The van der Waals surface area contributed by atoms with Crippen LogP contribution < -0.4 is 10.6 Å². The van der Waals surface area contributed by atoms with E-state index in [2.05, 4.69) is 10.6 Å². The molecule has 134 valence electrons. The summed E-state index contributed by atoms with van der Waals surface area (Å²) in [5.74, 6) is -2.01. The normalized spacial score (nSPS) is 30.3. The molecule has 2 unspecified atom stereocenters. The molecule has 2 aliphatic heterocycles. The molecule has 5 rings (SSSR count). The van der Waals surface area contributed by atoms with Gasteiger partial charge in [0.25, 0.3) is 17.7 Å². The van der Waals surface area contributed by atoms with Gasteiger partial charge in [-0.15, -0.1) is 0 Å². The first kappa shape index (κ1) is 15.5. The Morgan fingerprint density at radius 2 is 1.88 bits per heavy atom. The predicted molar refractivity (Wildman–Crippen MR) is 91.4 cm³/mol. The van der Waals surface area contributed by atoms with E-state index in [1.54, 1.807) is 12.1 Å². The molecule has 0 aromatic heterocycles. The summed E-state index contributed by atoms with van der Waals surface area (Å²) in [6.45, 7) is 0. The Labute approximate surface area is 150 Å². The summed E-state index contributed by atoms with van der Waals surface area (Å²) in [6, 6.07) is 5.53. The fraction of sp³-hybridized carbons (Fsp3) is 0.474. The smallest absolute Gasteiger partial charge is 0.264 e. The second-order valence-electron chi connectivity index (χ2n) is 7.74. The molecule has 0 spiro atoms. The molecule has 1 aromatic rings. The van der Waals surface area contributed by atoms with Crippen LogP contribution in [0.3, 0.4) is 0 Å². The lowest BCUT2D eigenvalue weighted by Crippen LogP contribution is -2.63. The molecule has 4 aliphatic rings. The van der Waals surface area contributed by atoms with Gasteiger partial charge in [0.05, 0.1) is 11.1 Å². The summed E-state index contributed by atoms with van der Waals surface area (Å²) in [7, 11) is 0. The van der Waals surface area contributed by atoms with E-state index in [9.17, 15) is 19.2 Å². The van der Waals surface area contributed by atoms with Crippen molar-refractivity contribution < 1.29 is 19.2 Å². The van der Waals surface area contributed by atoms with Gasteiger partial charge in [0.2, 0.25) is 5.91 Å². The summed E-state index contributed by atoms with van der Waals surface area (Å²) in [4.78, 5) is 51.9. The SMILES string of the molecule is O=C1NC(=O)C2(N3C(=O)c4cccc(NC5CCC5)c4C3=O)CCC1C2. The molecule has 1 saturated heterocycles. The average Bonchev–Trinajstić information content (AvgIpc) is 3.10. The number of piperidine rings is 1.